The van der Waals surface area contributed by atoms with Crippen molar-refractivity contribution < 1.29 is 0 Å². The summed E-state index contributed by atoms with van der Waals surface area (Å²) in [6, 6.07) is 0. The Labute approximate surface area is 94.8 Å². The van der Waals surface area contributed by atoms with Gasteiger partial charge in [0.1, 0.15) is 0 Å². The van der Waals surface area contributed by atoms with Gasteiger partial charge < -0.3 is 0 Å². The van der Waals surface area contributed by atoms with Gasteiger partial charge in [0.2, 0.25) is 0 Å². The van der Waals surface area contributed by atoms with Gasteiger partial charge in [-0.15, -0.1) is 0 Å². The fraction of sp³-hybridized carbons (Fsp3) is 1.00. The Morgan fingerprint density at radius 3 is 1.33 bits per heavy atom. The molecule has 0 aromatic carbocycles. The largest absolute Gasteiger partial charge is 0.0593 e. The molecule has 3 saturated carbocycles. The average molecular weight is 206 g/mol. The maximum absolute atomic E-state index is 2.61. The molecule has 86 valence electrons. The van der Waals surface area contributed by atoms with E-state index in [0.29, 0.717) is 16.2 Å². The molecule has 0 nitrogen and oxygen atoms in total. The van der Waals surface area contributed by atoms with Crippen LogP contribution in [0.2, 0.25) is 0 Å². The van der Waals surface area contributed by atoms with Gasteiger partial charge in [-0.2, -0.15) is 0 Å². The van der Waals surface area contributed by atoms with Gasteiger partial charge in [0, 0.05) is 0 Å². The lowest BCUT2D eigenvalue weighted by molar-refractivity contribution is -0.0797. The minimum Gasteiger partial charge on any atom is -0.0593 e. The quantitative estimate of drug-likeness (QED) is 0.535. The monoisotopic (exact) mass is 206 g/mol. The van der Waals surface area contributed by atoms with Gasteiger partial charge in [-0.3, -0.25) is 0 Å². The Morgan fingerprint density at radius 1 is 0.600 bits per heavy atom. The zero-order valence-corrected chi connectivity index (χ0v) is 10.7. The third kappa shape index (κ3) is 1.20. The summed E-state index contributed by atoms with van der Waals surface area (Å²) in [6.45, 7) is 7.81. The molecule has 3 rings (SSSR count). The van der Waals surface area contributed by atoms with E-state index in [1.54, 1.807) is 0 Å². The van der Waals surface area contributed by atoms with Crippen LogP contribution < -0.4 is 0 Å². The molecule has 3 fully saturated rings. The molecule has 0 heterocycles. The van der Waals surface area contributed by atoms with E-state index in [-0.39, 0.29) is 0 Å². The minimum atomic E-state index is 0.705. The molecule has 0 N–H and O–H groups in total. The van der Waals surface area contributed by atoms with Gasteiger partial charge in [0.15, 0.2) is 0 Å². The summed E-state index contributed by atoms with van der Waals surface area (Å²) in [5, 5.41) is 0. The highest BCUT2D eigenvalue weighted by Crippen LogP contribution is 2.70. The maximum atomic E-state index is 2.61. The molecule has 0 radical (unpaired) electrons. The summed E-state index contributed by atoms with van der Waals surface area (Å²) in [5.74, 6) is 1.04. The number of rotatable bonds is 0. The molecule has 2 unspecified atom stereocenters. The molecule has 0 aliphatic heterocycles. The zero-order chi connectivity index (χ0) is 10.7. The van der Waals surface area contributed by atoms with E-state index in [1.165, 1.54) is 51.4 Å². The van der Waals surface area contributed by atoms with Gasteiger partial charge in [-0.25, -0.2) is 0 Å². The molecule has 3 aliphatic carbocycles. The standard InChI is InChI=1S/C15H26/c1-13-6-4-8-14(2)10-11-15(3,12(13)14)9-5-7-13/h12H,4-11H2,1-3H3. The Balaban J connectivity index is 2.05. The summed E-state index contributed by atoms with van der Waals surface area (Å²) in [4.78, 5) is 0. The Hall–Kier alpha value is 0. The van der Waals surface area contributed by atoms with Crippen LogP contribution >= 0.6 is 0 Å². The van der Waals surface area contributed by atoms with Crippen molar-refractivity contribution in [2.75, 3.05) is 0 Å². The molecule has 15 heavy (non-hydrogen) atoms. The van der Waals surface area contributed by atoms with E-state index in [9.17, 15) is 0 Å². The van der Waals surface area contributed by atoms with Gasteiger partial charge in [0.05, 0.1) is 0 Å². The first-order chi connectivity index (χ1) is 6.99. The van der Waals surface area contributed by atoms with E-state index in [4.69, 9.17) is 0 Å². The highest BCUT2D eigenvalue weighted by Gasteiger charge is 2.61. The molecule has 3 aliphatic rings. The van der Waals surface area contributed by atoms with Gasteiger partial charge >= 0.3 is 0 Å². The van der Waals surface area contributed by atoms with Gasteiger partial charge in [0.25, 0.3) is 0 Å². The van der Waals surface area contributed by atoms with E-state index >= 15 is 0 Å². The Bertz CT molecular complexity index is 256. The van der Waals surface area contributed by atoms with Crippen LogP contribution in [0.4, 0.5) is 0 Å². The first kappa shape index (κ1) is 10.2. The Morgan fingerprint density at radius 2 is 0.933 bits per heavy atom. The second-order valence-corrected chi connectivity index (χ2v) is 7.60. The lowest BCUT2D eigenvalue weighted by Crippen LogP contribution is -2.49. The van der Waals surface area contributed by atoms with Crippen LogP contribution in [0.3, 0.4) is 0 Å². The maximum Gasteiger partial charge on any atom is -0.0252 e. The average Bonchev–Trinajstić information content (AvgIpc) is 2.41. The van der Waals surface area contributed by atoms with Crippen molar-refractivity contribution in [3.8, 4) is 0 Å². The predicted octanol–water partition coefficient (Wildman–Crippen LogP) is 4.78. The Kier molecular flexibility index (Phi) is 1.91. The van der Waals surface area contributed by atoms with Crippen LogP contribution in [0.5, 0.6) is 0 Å². The molecule has 2 atom stereocenters. The van der Waals surface area contributed by atoms with Crippen LogP contribution in [-0.2, 0) is 0 Å². The van der Waals surface area contributed by atoms with E-state index in [2.05, 4.69) is 20.8 Å². The first-order valence-corrected chi connectivity index (χ1v) is 6.99. The third-order valence-corrected chi connectivity index (χ3v) is 6.35. The molecule has 0 amide bonds. The normalized spacial score (nSPS) is 59.0. The first-order valence-electron chi connectivity index (χ1n) is 6.99. The molecular weight excluding hydrogens is 180 g/mol. The zero-order valence-electron chi connectivity index (χ0n) is 10.7. The number of hydrogen-bond donors (Lipinski definition) is 0. The second kappa shape index (κ2) is 2.81. The third-order valence-electron chi connectivity index (χ3n) is 6.35. The smallest absolute Gasteiger partial charge is 0.0252 e. The summed E-state index contributed by atoms with van der Waals surface area (Å²) in [5.41, 5.74) is 2.13. The van der Waals surface area contributed by atoms with Crippen molar-refractivity contribution in [3.05, 3.63) is 0 Å². The molecule has 0 aromatic heterocycles. The molecule has 0 saturated heterocycles. The predicted molar refractivity (Wildman–Crippen MR) is 64.7 cm³/mol. The van der Waals surface area contributed by atoms with Gasteiger partial charge in [-0.05, 0) is 60.7 Å². The van der Waals surface area contributed by atoms with Crippen molar-refractivity contribution >= 4 is 0 Å². The van der Waals surface area contributed by atoms with E-state index in [0.717, 1.165) is 5.92 Å². The highest BCUT2D eigenvalue weighted by molar-refractivity contribution is 5.11. The lowest BCUT2D eigenvalue weighted by atomic mass is 9.47. The van der Waals surface area contributed by atoms with Crippen molar-refractivity contribution in [1.29, 1.82) is 0 Å². The van der Waals surface area contributed by atoms with Crippen LogP contribution in [-0.4, -0.2) is 0 Å². The summed E-state index contributed by atoms with van der Waals surface area (Å²) < 4.78 is 0. The topological polar surface area (TPSA) is 0 Å². The summed E-state index contributed by atoms with van der Waals surface area (Å²) >= 11 is 0. The van der Waals surface area contributed by atoms with Crippen LogP contribution in [0.15, 0.2) is 0 Å². The van der Waals surface area contributed by atoms with Gasteiger partial charge in [-0.1, -0.05) is 33.6 Å². The van der Waals surface area contributed by atoms with Crippen LogP contribution in [0.1, 0.15) is 72.1 Å². The highest BCUT2D eigenvalue weighted by atomic mass is 14.7. The van der Waals surface area contributed by atoms with Crippen molar-refractivity contribution in [3.63, 3.8) is 0 Å². The van der Waals surface area contributed by atoms with Crippen LogP contribution in [0, 0.1) is 22.2 Å². The molecule has 0 heteroatoms. The van der Waals surface area contributed by atoms with Crippen molar-refractivity contribution in [1.82, 2.24) is 0 Å². The molecule has 0 spiro atoms. The van der Waals surface area contributed by atoms with Crippen LogP contribution in [0.25, 0.3) is 0 Å². The van der Waals surface area contributed by atoms with Crippen molar-refractivity contribution in [2.24, 2.45) is 22.2 Å². The van der Waals surface area contributed by atoms with E-state index < -0.39 is 0 Å². The van der Waals surface area contributed by atoms with E-state index in [1.807, 2.05) is 0 Å². The summed E-state index contributed by atoms with van der Waals surface area (Å²) in [6.07, 6.45) is 12.1. The molecular formula is C15H26. The fourth-order valence-corrected chi connectivity index (χ4v) is 6.13. The fourth-order valence-electron chi connectivity index (χ4n) is 6.13. The molecule has 0 bridgehead atoms. The summed E-state index contributed by atoms with van der Waals surface area (Å²) in [7, 11) is 0. The second-order valence-electron chi connectivity index (χ2n) is 7.60. The van der Waals surface area contributed by atoms with Crippen molar-refractivity contribution in [2.45, 2.75) is 72.1 Å². The molecule has 0 aromatic rings. The minimum absolute atomic E-state index is 0.705. The number of hydrogen-bond acceptors (Lipinski definition) is 0. The lowest BCUT2D eigenvalue weighted by Gasteiger charge is -2.57. The SMILES string of the molecule is CC12CCCC3(C)CCC(C)(CCC1)C23.